The molecule has 1 aromatic heterocycles. The molecule has 7 heteroatoms. The molecule has 28 heavy (non-hydrogen) atoms. The average molecular weight is 389 g/mol. The quantitative estimate of drug-likeness (QED) is 0.305. The topological polar surface area (TPSA) is 92.1 Å². The van der Waals surface area contributed by atoms with E-state index in [1.54, 1.807) is 54.0 Å². The van der Waals surface area contributed by atoms with Crippen LogP contribution in [0, 0.1) is 18.3 Å². The Balaban J connectivity index is 1.76. The summed E-state index contributed by atoms with van der Waals surface area (Å²) >= 11 is 1.26. The molecule has 0 aliphatic rings. The molecule has 0 fully saturated rings. The summed E-state index contributed by atoms with van der Waals surface area (Å²) in [5.74, 6) is -0.718. The highest BCUT2D eigenvalue weighted by molar-refractivity contribution is 7.13. The number of ether oxygens (including phenoxy) is 1. The Hall–Kier alpha value is -3.76. The van der Waals surface area contributed by atoms with Gasteiger partial charge >= 0.3 is 5.97 Å². The Morgan fingerprint density at radius 2 is 2.04 bits per heavy atom. The first kappa shape index (κ1) is 19.0. The number of carbonyl (C=O) groups is 2. The van der Waals surface area contributed by atoms with Crippen molar-refractivity contribution in [1.29, 1.82) is 5.26 Å². The number of nitriles is 1. The number of carbonyl (C=O) groups excluding carboxylic acids is 2. The van der Waals surface area contributed by atoms with Gasteiger partial charge in [0.25, 0.3) is 5.91 Å². The smallest absolute Gasteiger partial charge is 0.343 e. The number of nitrogens with zero attached hydrogens (tertiary/aromatic N) is 2. The molecule has 3 rings (SSSR count). The second-order valence-electron chi connectivity index (χ2n) is 5.79. The van der Waals surface area contributed by atoms with Gasteiger partial charge < -0.3 is 4.74 Å². The molecule has 0 unspecified atom stereocenters. The average Bonchev–Trinajstić information content (AvgIpc) is 3.19. The van der Waals surface area contributed by atoms with E-state index in [1.807, 2.05) is 19.1 Å². The van der Waals surface area contributed by atoms with Gasteiger partial charge in [0.05, 0.1) is 5.56 Å². The van der Waals surface area contributed by atoms with Gasteiger partial charge in [-0.15, -0.1) is 11.3 Å². The molecule has 138 valence electrons. The van der Waals surface area contributed by atoms with Crippen molar-refractivity contribution in [3.8, 4) is 11.8 Å². The Morgan fingerprint density at radius 3 is 2.75 bits per heavy atom. The van der Waals surface area contributed by atoms with Crippen LogP contribution in [0.25, 0.3) is 6.08 Å². The molecule has 6 nitrogen and oxygen atoms in total. The summed E-state index contributed by atoms with van der Waals surface area (Å²) in [5, 5.41) is 14.0. The van der Waals surface area contributed by atoms with Crippen LogP contribution in [0.15, 0.2) is 65.7 Å². The number of rotatable bonds is 5. The van der Waals surface area contributed by atoms with E-state index in [4.69, 9.17) is 4.74 Å². The van der Waals surface area contributed by atoms with Crippen molar-refractivity contribution in [2.45, 2.75) is 6.92 Å². The van der Waals surface area contributed by atoms with Crippen molar-refractivity contribution in [1.82, 2.24) is 4.98 Å². The minimum absolute atomic E-state index is 0.0858. The maximum atomic E-state index is 12.3. The number of aryl methyl sites for hydroxylation is 1. The summed E-state index contributed by atoms with van der Waals surface area (Å²) in [4.78, 5) is 28.4. The molecule has 3 aromatic rings. The van der Waals surface area contributed by atoms with Gasteiger partial charge in [0.15, 0.2) is 5.13 Å². The fraction of sp³-hybridized carbons (Fsp3) is 0.0476. The van der Waals surface area contributed by atoms with Crippen molar-refractivity contribution in [3.63, 3.8) is 0 Å². The molecule has 0 saturated heterocycles. The van der Waals surface area contributed by atoms with Crippen LogP contribution >= 0.6 is 11.3 Å². The molecular weight excluding hydrogens is 374 g/mol. The van der Waals surface area contributed by atoms with Crippen LogP contribution in [0.4, 0.5) is 5.13 Å². The largest absolute Gasteiger partial charge is 0.423 e. The van der Waals surface area contributed by atoms with Crippen molar-refractivity contribution >= 4 is 34.4 Å². The van der Waals surface area contributed by atoms with E-state index >= 15 is 0 Å². The number of aromatic nitrogens is 1. The minimum atomic E-state index is -0.556. The molecule has 0 atom stereocenters. The van der Waals surface area contributed by atoms with Crippen LogP contribution in [0.5, 0.6) is 5.75 Å². The highest BCUT2D eigenvalue weighted by Gasteiger charge is 2.12. The fourth-order valence-corrected chi connectivity index (χ4v) is 2.89. The van der Waals surface area contributed by atoms with Gasteiger partial charge in [0.2, 0.25) is 0 Å². The Kier molecular flexibility index (Phi) is 5.94. The zero-order valence-corrected chi connectivity index (χ0v) is 15.7. The third-order valence-corrected chi connectivity index (χ3v) is 4.34. The number of anilines is 1. The summed E-state index contributed by atoms with van der Waals surface area (Å²) in [6.45, 7) is 1.89. The molecule has 1 heterocycles. The predicted octanol–water partition coefficient (Wildman–Crippen LogP) is 4.22. The molecule has 0 saturated carbocycles. The lowest BCUT2D eigenvalue weighted by molar-refractivity contribution is -0.112. The number of benzene rings is 2. The van der Waals surface area contributed by atoms with Crippen LogP contribution in [-0.4, -0.2) is 16.9 Å². The van der Waals surface area contributed by atoms with Crippen molar-refractivity contribution in [2.75, 3.05) is 5.32 Å². The van der Waals surface area contributed by atoms with Gasteiger partial charge in [0, 0.05) is 11.6 Å². The maximum Gasteiger partial charge on any atom is 0.343 e. The Bertz CT molecular complexity index is 1080. The second-order valence-corrected chi connectivity index (χ2v) is 6.69. The van der Waals surface area contributed by atoms with Gasteiger partial charge in [-0.2, -0.15) is 5.26 Å². The molecule has 0 bridgehead atoms. The SMILES string of the molecule is Cc1cccc(C(=O)Oc2cccc(/C=C(\C#N)C(=O)Nc3nccs3)c2)c1. The van der Waals surface area contributed by atoms with E-state index in [0.29, 0.717) is 22.0 Å². The minimum Gasteiger partial charge on any atom is -0.423 e. The Labute approximate surface area is 165 Å². The fourth-order valence-electron chi connectivity index (χ4n) is 2.37. The number of nitrogens with one attached hydrogen (secondary N) is 1. The van der Waals surface area contributed by atoms with Crippen LogP contribution < -0.4 is 10.1 Å². The van der Waals surface area contributed by atoms with Gasteiger partial charge in [-0.3, -0.25) is 10.1 Å². The number of esters is 1. The third-order valence-electron chi connectivity index (χ3n) is 3.65. The highest BCUT2D eigenvalue weighted by atomic mass is 32.1. The zero-order chi connectivity index (χ0) is 19.9. The zero-order valence-electron chi connectivity index (χ0n) is 14.9. The molecular formula is C21H15N3O3S. The van der Waals surface area contributed by atoms with Crippen LogP contribution in [0.1, 0.15) is 21.5 Å². The van der Waals surface area contributed by atoms with Crippen LogP contribution in [0.3, 0.4) is 0 Å². The van der Waals surface area contributed by atoms with Gasteiger partial charge in [-0.05, 0) is 42.8 Å². The second kappa shape index (κ2) is 8.75. The maximum absolute atomic E-state index is 12.3. The molecule has 0 spiro atoms. The summed E-state index contributed by atoms with van der Waals surface area (Å²) in [7, 11) is 0. The molecule has 2 aromatic carbocycles. The lowest BCUT2D eigenvalue weighted by Gasteiger charge is -2.06. The number of amides is 1. The summed E-state index contributed by atoms with van der Waals surface area (Å²) in [5.41, 5.74) is 1.87. The first-order valence-electron chi connectivity index (χ1n) is 8.27. The van der Waals surface area contributed by atoms with E-state index in [2.05, 4.69) is 10.3 Å². The van der Waals surface area contributed by atoms with Crippen molar-refractivity contribution in [2.24, 2.45) is 0 Å². The summed E-state index contributed by atoms with van der Waals surface area (Å²) in [6, 6.07) is 15.6. The molecule has 1 N–H and O–H groups in total. The number of thiazole rings is 1. The van der Waals surface area contributed by atoms with Gasteiger partial charge in [-0.25, -0.2) is 9.78 Å². The third kappa shape index (κ3) is 4.90. The lowest BCUT2D eigenvalue weighted by atomic mass is 10.1. The predicted molar refractivity (Wildman–Crippen MR) is 107 cm³/mol. The standard InChI is InChI=1S/C21H15N3O3S/c1-14-4-2-6-16(10-14)20(26)27-18-7-3-5-15(12-18)11-17(13-22)19(25)24-21-23-8-9-28-21/h2-12H,1H3,(H,23,24,25)/b17-11+. The van der Waals surface area contributed by atoms with Crippen molar-refractivity contribution < 1.29 is 14.3 Å². The Morgan fingerprint density at radius 1 is 1.21 bits per heavy atom. The van der Waals surface area contributed by atoms with E-state index in [-0.39, 0.29) is 5.57 Å². The van der Waals surface area contributed by atoms with Crippen molar-refractivity contribution in [3.05, 3.63) is 82.4 Å². The lowest BCUT2D eigenvalue weighted by Crippen LogP contribution is -2.13. The molecule has 0 radical (unpaired) electrons. The normalized spacial score (nSPS) is 10.8. The first-order valence-corrected chi connectivity index (χ1v) is 9.14. The van der Waals surface area contributed by atoms with E-state index in [1.165, 1.54) is 17.4 Å². The first-order chi connectivity index (χ1) is 13.5. The van der Waals surface area contributed by atoms with Crippen LogP contribution in [-0.2, 0) is 4.79 Å². The van der Waals surface area contributed by atoms with Gasteiger partial charge in [-0.1, -0.05) is 29.8 Å². The summed E-state index contributed by atoms with van der Waals surface area (Å²) in [6.07, 6.45) is 2.98. The molecule has 1 amide bonds. The van der Waals surface area contributed by atoms with E-state index in [0.717, 1.165) is 5.56 Å². The van der Waals surface area contributed by atoms with E-state index in [9.17, 15) is 14.9 Å². The van der Waals surface area contributed by atoms with E-state index < -0.39 is 11.9 Å². The van der Waals surface area contributed by atoms with Gasteiger partial charge in [0.1, 0.15) is 17.4 Å². The monoisotopic (exact) mass is 389 g/mol. The molecule has 0 aliphatic heterocycles. The number of hydrogen-bond donors (Lipinski definition) is 1. The number of hydrogen-bond acceptors (Lipinski definition) is 6. The van der Waals surface area contributed by atoms with Crippen LogP contribution in [0.2, 0.25) is 0 Å². The molecule has 0 aliphatic carbocycles. The summed E-state index contributed by atoms with van der Waals surface area (Å²) < 4.78 is 5.40. The highest BCUT2D eigenvalue weighted by Crippen LogP contribution is 2.19.